The van der Waals surface area contributed by atoms with E-state index >= 15 is 0 Å². The zero-order valence-electron chi connectivity index (χ0n) is 15.0. The number of esters is 1. The van der Waals surface area contributed by atoms with Crippen LogP contribution in [-0.4, -0.2) is 12.6 Å². The first-order valence-electron chi connectivity index (χ1n) is 8.84. The fraction of sp³-hybridized carbons (Fsp3) is 0.273. The predicted molar refractivity (Wildman–Crippen MR) is 102 cm³/mol. The number of nitrogens with zero attached hydrogens (tertiary/aromatic N) is 1. The summed E-state index contributed by atoms with van der Waals surface area (Å²) in [4.78, 5) is 11.9. The standard InChI is InChI=1S/C22H23NO3/c1-2-3-4-5-16-25-20-11-13-21(14-12-20)26-22(24)15-10-18-6-8-19(17-23)9-7-18/h6-15H,2-5,16H2,1H3. The van der Waals surface area contributed by atoms with Crippen LogP contribution in [0.25, 0.3) is 6.08 Å². The molecule has 0 aromatic heterocycles. The van der Waals surface area contributed by atoms with Gasteiger partial charge in [0.25, 0.3) is 0 Å². The van der Waals surface area contributed by atoms with E-state index in [4.69, 9.17) is 14.7 Å². The molecule has 2 aromatic carbocycles. The Morgan fingerprint density at radius 2 is 1.69 bits per heavy atom. The van der Waals surface area contributed by atoms with Crippen LogP contribution in [-0.2, 0) is 4.79 Å². The van der Waals surface area contributed by atoms with Crippen LogP contribution in [0.3, 0.4) is 0 Å². The Morgan fingerprint density at radius 1 is 1.00 bits per heavy atom. The Labute approximate surface area is 154 Å². The highest BCUT2D eigenvalue weighted by Crippen LogP contribution is 2.18. The summed E-state index contributed by atoms with van der Waals surface area (Å²) >= 11 is 0. The van der Waals surface area contributed by atoms with Crippen molar-refractivity contribution in [3.8, 4) is 17.6 Å². The van der Waals surface area contributed by atoms with Crippen molar-refractivity contribution in [2.45, 2.75) is 32.6 Å². The number of hydrogen-bond acceptors (Lipinski definition) is 4. The van der Waals surface area contributed by atoms with Gasteiger partial charge in [0.15, 0.2) is 0 Å². The lowest BCUT2D eigenvalue weighted by molar-refractivity contribution is -0.128. The summed E-state index contributed by atoms with van der Waals surface area (Å²) in [6.07, 6.45) is 7.67. The molecule has 0 heterocycles. The molecule has 0 aliphatic heterocycles. The monoisotopic (exact) mass is 349 g/mol. The van der Waals surface area contributed by atoms with E-state index in [2.05, 4.69) is 13.0 Å². The molecule has 4 nitrogen and oxygen atoms in total. The highest BCUT2D eigenvalue weighted by Gasteiger charge is 2.02. The fourth-order valence-corrected chi connectivity index (χ4v) is 2.31. The quantitative estimate of drug-likeness (QED) is 0.272. The molecule has 134 valence electrons. The predicted octanol–water partition coefficient (Wildman–Crippen LogP) is 5.14. The van der Waals surface area contributed by atoms with Gasteiger partial charge in [0.1, 0.15) is 11.5 Å². The number of ether oxygens (including phenoxy) is 2. The molecule has 0 atom stereocenters. The molecule has 0 aliphatic rings. The van der Waals surface area contributed by atoms with Crippen LogP contribution in [0.15, 0.2) is 54.6 Å². The van der Waals surface area contributed by atoms with Gasteiger partial charge in [-0.05, 0) is 54.5 Å². The van der Waals surface area contributed by atoms with Crippen LogP contribution < -0.4 is 9.47 Å². The second-order valence-corrected chi connectivity index (χ2v) is 5.87. The first-order chi connectivity index (χ1) is 12.7. The largest absolute Gasteiger partial charge is 0.494 e. The minimum atomic E-state index is -0.456. The molecular weight excluding hydrogens is 326 g/mol. The molecule has 0 saturated heterocycles. The van der Waals surface area contributed by atoms with Gasteiger partial charge < -0.3 is 9.47 Å². The smallest absolute Gasteiger partial charge is 0.336 e. The Kier molecular flexibility index (Phi) is 7.95. The molecule has 0 aliphatic carbocycles. The van der Waals surface area contributed by atoms with Gasteiger partial charge in [-0.3, -0.25) is 0 Å². The summed E-state index contributed by atoms with van der Waals surface area (Å²) < 4.78 is 10.9. The maximum Gasteiger partial charge on any atom is 0.336 e. The van der Waals surface area contributed by atoms with Gasteiger partial charge in [0.2, 0.25) is 0 Å². The third kappa shape index (κ3) is 6.82. The number of hydrogen-bond donors (Lipinski definition) is 0. The molecule has 0 amide bonds. The van der Waals surface area contributed by atoms with E-state index in [0.29, 0.717) is 17.9 Å². The lowest BCUT2D eigenvalue weighted by atomic mass is 10.1. The summed E-state index contributed by atoms with van der Waals surface area (Å²) in [5, 5.41) is 8.76. The van der Waals surface area contributed by atoms with Crippen molar-refractivity contribution >= 4 is 12.0 Å². The lowest BCUT2D eigenvalue weighted by Gasteiger charge is -2.07. The lowest BCUT2D eigenvalue weighted by Crippen LogP contribution is -2.03. The van der Waals surface area contributed by atoms with Crippen molar-refractivity contribution in [2.75, 3.05) is 6.61 Å². The van der Waals surface area contributed by atoms with Crippen molar-refractivity contribution in [1.29, 1.82) is 5.26 Å². The molecule has 0 spiro atoms. The van der Waals surface area contributed by atoms with E-state index in [0.717, 1.165) is 17.7 Å². The number of carbonyl (C=O) groups excluding carboxylic acids is 1. The van der Waals surface area contributed by atoms with Gasteiger partial charge in [0.05, 0.1) is 18.2 Å². The maximum absolute atomic E-state index is 11.9. The summed E-state index contributed by atoms with van der Waals surface area (Å²) in [5.41, 5.74) is 1.41. The molecule has 0 unspecified atom stereocenters. The van der Waals surface area contributed by atoms with Gasteiger partial charge in [-0.1, -0.05) is 38.3 Å². The van der Waals surface area contributed by atoms with E-state index in [1.807, 2.05) is 0 Å². The van der Waals surface area contributed by atoms with Gasteiger partial charge in [-0.2, -0.15) is 5.26 Å². The zero-order chi connectivity index (χ0) is 18.6. The highest BCUT2D eigenvalue weighted by molar-refractivity contribution is 5.88. The van der Waals surface area contributed by atoms with E-state index in [-0.39, 0.29) is 0 Å². The van der Waals surface area contributed by atoms with Gasteiger partial charge in [0, 0.05) is 6.08 Å². The van der Waals surface area contributed by atoms with Crippen LogP contribution in [0.2, 0.25) is 0 Å². The van der Waals surface area contributed by atoms with E-state index in [1.54, 1.807) is 54.6 Å². The molecule has 4 heteroatoms. The van der Waals surface area contributed by atoms with Crippen molar-refractivity contribution in [1.82, 2.24) is 0 Å². The molecule has 0 bridgehead atoms. The number of unbranched alkanes of at least 4 members (excludes halogenated alkanes) is 3. The topological polar surface area (TPSA) is 59.3 Å². The average molecular weight is 349 g/mol. The second kappa shape index (κ2) is 10.7. The molecule has 0 N–H and O–H groups in total. The van der Waals surface area contributed by atoms with Crippen LogP contribution in [0.1, 0.15) is 43.7 Å². The van der Waals surface area contributed by atoms with Gasteiger partial charge >= 0.3 is 5.97 Å². The minimum absolute atomic E-state index is 0.456. The average Bonchev–Trinajstić information content (AvgIpc) is 2.68. The summed E-state index contributed by atoms with van der Waals surface area (Å²) in [6.45, 7) is 2.88. The van der Waals surface area contributed by atoms with Crippen molar-refractivity contribution in [3.05, 3.63) is 65.7 Å². The van der Waals surface area contributed by atoms with Crippen molar-refractivity contribution in [3.63, 3.8) is 0 Å². The molecule has 0 radical (unpaired) electrons. The SMILES string of the molecule is CCCCCCOc1ccc(OC(=O)C=Cc2ccc(C#N)cc2)cc1. The molecule has 2 rings (SSSR count). The Balaban J connectivity index is 1.79. The first kappa shape index (κ1) is 19.3. The second-order valence-electron chi connectivity index (χ2n) is 5.87. The number of carbonyl (C=O) groups is 1. The van der Waals surface area contributed by atoms with Gasteiger partial charge in [-0.25, -0.2) is 4.79 Å². The van der Waals surface area contributed by atoms with E-state index in [1.165, 1.54) is 25.3 Å². The van der Waals surface area contributed by atoms with E-state index < -0.39 is 5.97 Å². The highest BCUT2D eigenvalue weighted by atomic mass is 16.5. The molecule has 0 saturated carbocycles. The minimum Gasteiger partial charge on any atom is -0.494 e. The normalized spacial score (nSPS) is 10.5. The van der Waals surface area contributed by atoms with Crippen molar-refractivity contribution in [2.24, 2.45) is 0 Å². The Bertz CT molecular complexity index is 755. The van der Waals surface area contributed by atoms with Crippen molar-refractivity contribution < 1.29 is 14.3 Å². The van der Waals surface area contributed by atoms with Crippen LogP contribution >= 0.6 is 0 Å². The number of rotatable bonds is 9. The molecule has 2 aromatic rings. The summed E-state index contributed by atoms with van der Waals surface area (Å²) in [6, 6.07) is 16.0. The molecular formula is C22H23NO3. The summed E-state index contributed by atoms with van der Waals surface area (Å²) in [5.74, 6) is 0.787. The maximum atomic E-state index is 11.9. The molecule has 26 heavy (non-hydrogen) atoms. The third-order valence-electron chi connectivity index (χ3n) is 3.76. The molecule has 0 fully saturated rings. The first-order valence-corrected chi connectivity index (χ1v) is 8.84. The number of benzene rings is 2. The van der Waals surface area contributed by atoms with Gasteiger partial charge in [-0.15, -0.1) is 0 Å². The fourth-order valence-electron chi connectivity index (χ4n) is 2.31. The van der Waals surface area contributed by atoms with Crippen LogP contribution in [0.4, 0.5) is 0 Å². The zero-order valence-corrected chi connectivity index (χ0v) is 15.0. The Hall–Kier alpha value is -3.06. The third-order valence-corrected chi connectivity index (χ3v) is 3.76. The van der Waals surface area contributed by atoms with Crippen LogP contribution in [0.5, 0.6) is 11.5 Å². The van der Waals surface area contributed by atoms with Crippen LogP contribution in [0, 0.1) is 11.3 Å². The van der Waals surface area contributed by atoms with E-state index in [9.17, 15) is 4.79 Å². The summed E-state index contributed by atoms with van der Waals surface area (Å²) in [7, 11) is 0. The number of nitriles is 1. The Morgan fingerprint density at radius 3 is 2.35 bits per heavy atom.